The first-order valence-electron chi connectivity index (χ1n) is 7.39. The van der Waals surface area contributed by atoms with E-state index in [0.29, 0.717) is 0 Å². The number of alkyl halides is 8. The zero-order valence-electron chi connectivity index (χ0n) is 14.1. The van der Waals surface area contributed by atoms with E-state index in [4.69, 9.17) is 0 Å². The third-order valence-electron chi connectivity index (χ3n) is 3.35. The van der Waals surface area contributed by atoms with Crippen molar-refractivity contribution in [3.8, 4) is 0 Å². The minimum atomic E-state index is -5.81. The Hall–Kier alpha value is -0.680. The van der Waals surface area contributed by atoms with Gasteiger partial charge in [-0.3, -0.25) is 0 Å². The molecule has 0 aliphatic rings. The van der Waals surface area contributed by atoms with Gasteiger partial charge in [0.05, 0.1) is 19.6 Å². The van der Waals surface area contributed by atoms with Gasteiger partial charge in [-0.2, -0.15) is 13.2 Å². The van der Waals surface area contributed by atoms with E-state index in [2.05, 4.69) is 14.2 Å². The Balaban J connectivity index is 5.68. The lowest BCUT2D eigenvalue weighted by Crippen LogP contribution is -2.63. The Morgan fingerprint density at radius 1 is 0.960 bits per heavy atom. The Morgan fingerprint density at radius 3 is 1.92 bits per heavy atom. The van der Waals surface area contributed by atoms with Gasteiger partial charge < -0.3 is 14.2 Å². The fraction of sp³-hybridized carbons (Fsp3) is 1.00. The average Bonchev–Trinajstić information content (AvgIpc) is 2.41. The van der Waals surface area contributed by atoms with Crippen molar-refractivity contribution < 1.29 is 49.3 Å². The summed E-state index contributed by atoms with van der Waals surface area (Å²) in [4.78, 5) is 0. The molecule has 0 bridgehead atoms. The quantitative estimate of drug-likeness (QED) is 0.274. The van der Waals surface area contributed by atoms with Gasteiger partial charge >= 0.3 is 6.18 Å². The van der Waals surface area contributed by atoms with Crippen LogP contribution in [0.1, 0.15) is 33.1 Å². The van der Waals surface area contributed by atoms with E-state index < -0.39 is 55.8 Å². The monoisotopic (exact) mass is 390 g/mol. The molecule has 0 aromatic heterocycles. The van der Waals surface area contributed by atoms with E-state index in [1.165, 1.54) is 7.11 Å². The van der Waals surface area contributed by atoms with Gasteiger partial charge in [0, 0.05) is 13.5 Å². The maximum Gasteiger partial charge on any atom is 0.423 e. The van der Waals surface area contributed by atoms with Crippen molar-refractivity contribution in [1.29, 1.82) is 0 Å². The normalized spacial score (nSPS) is 17.4. The summed E-state index contributed by atoms with van der Waals surface area (Å²) in [7, 11) is 1.26. The molecule has 0 heterocycles. The topological polar surface area (TPSA) is 27.7 Å². The largest absolute Gasteiger partial charge is 0.423 e. The highest BCUT2D eigenvalue weighted by Crippen LogP contribution is 2.52. The van der Waals surface area contributed by atoms with Crippen LogP contribution in [-0.2, 0) is 14.2 Å². The lowest BCUT2D eigenvalue weighted by atomic mass is 9.84. The first-order valence-corrected chi connectivity index (χ1v) is 7.39. The second-order valence-electron chi connectivity index (χ2n) is 5.65. The van der Waals surface area contributed by atoms with Crippen LogP contribution in [0.4, 0.5) is 35.1 Å². The summed E-state index contributed by atoms with van der Waals surface area (Å²) in [5.74, 6) is -9.22. The number of hydrogen-bond acceptors (Lipinski definition) is 3. The first-order chi connectivity index (χ1) is 11.2. The Labute approximate surface area is 140 Å². The van der Waals surface area contributed by atoms with Gasteiger partial charge in [0.2, 0.25) is 5.60 Å². The molecule has 152 valence electrons. The third kappa shape index (κ3) is 7.22. The molecule has 0 aliphatic heterocycles. The second kappa shape index (κ2) is 9.31. The van der Waals surface area contributed by atoms with Gasteiger partial charge in [0.15, 0.2) is 0 Å². The molecule has 0 rings (SSSR count). The lowest BCUT2D eigenvalue weighted by molar-refractivity contribution is -0.373. The van der Waals surface area contributed by atoms with Crippen molar-refractivity contribution in [3.63, 3.8) is 0 Å². The average molecular weight is 390 g/mol. The summed E-state index contributed by atoms with van der Waals surface area (Å²) >= 11 is 0. The summed E-state index contributed by atoms with van der Waals surface area (Å²) in [5, 5.41) is 0. The van der Waals surface area contributed by atoms with E-state index >= 15 is 0 Å². The zero-order valence-corrected chi connectivity index (χ0v) is 14.1. The van der Waals surface area contributed by atoms with E-state index in [1.807, 2.05) is 0 Å². The molecule has 0 saturated heterocycles. The van der Waals surface area contributed by atoms with Crippen molar-refractivity contribution in [2.45, 2.75) is 62.9 Å². The van der Waals surface area contributed by atoms with Gasteiger partial charge in [0.25, 0.3) is 11.8 Å². The molecule has 0 aromatic carbocycles. The summed E-state index contributed by atoms with van der Waals surface area (Å²) in [5.41, 5.74) is -4.44. The minimum Gasteiger partial charge on any atom is -0.382 e. The smallest absolute Gasteiger partial charge is 0.382 e. The second-order valence-corrected chi connectivity index (χ2v) is 5.65. The highest BCUT2D eigenvalue weighted by molar-refractivity contribution is 5.03. The Morgan fingerprint density at radius 2 is 1.52 bits per heavy atom. The highest BCUT2D eigenvalue weighted by atomic mass is 19.4. The van der Waals surface area contributed by atoms with Crippen LogP contribution in [-0.4, -0.2) is 56.9 Å². The number of ether oxygens (including phenoxy) is 3. The van der Waals surface area contributed by atoms with Crippen LogP contribution in [0.2, 0.25) is 0 Å². The maximum absolute atomic E-state index is 14.2. The first kappa shape index (κ1) is 24.3. The van der Waals surface area contributed by atoms with Crippen molar-refractivity contribution in [2.75, 3.05) is 27.1 Å². The van der Waals surface area contributed by atoms with E-state index in [-0.39, 0.29) is 20.1 Å². The minimum absolute atomic E-state index is 0.0455. The molecule has 0 spiro atoms. The maximum atomic E-state index is 14.2. The molecule has 0 amide bonds. The van der Waals surface area contributed by atoms with Crippen LogP contribution in [0.25, 0.3) is 0 Å². The standard InChI is InChI=1S/C14H22F8O3/c1-4-10(15)7-12(14(20,21)22,25-9-24-6-5-23-3)13(18,19)8-11(2,16)17/h10H,4-9H2,1-3H3. The van der Waals surface area contributed by atoms with Crippen LogP contribution in [0.5, 0.6) is 0 Å². The molecule has 0 fully saturated rings. The molecule has 0 aromatic rings. The summed E-state index contributed by atoms with van der Waals surface area (Å²) in [6.07, 6.45) is -13.0. The van der Waals surface area contributed by atoms with Crippen molar-refractivity contribution in [1.82, 2.24) is 0 Å². The van der Waals surface area contributed by atoms with E-state index in [1.54, 1.807) is 0 Å². The predicted molar refractivity (Wildman–Crippen MR) is 72.6 cm³/mol. The Kier molecular flexibility index (Phi) is 9.06. The fourth-order valence-corrected chi connectivity index (χ4v) is 2.05. The molecular formula is C14H22F8O3. The van der Waals surface area contributed by atoms with Crippen molar-refractivity contribution in [2.24, 2.45) is 0 Å². The zero-order chi connectivity index (χ0) is 19.9. The molecule has 0 N–H and O–H groups in total. The van der Waals surface area contributed by atoms with E-state index in [9.17, 15) is 35.1 Å². The van der Waals surface area contributed by atoms with Crippen LogP contribution >= 0.6 is 0 Å². The molecule has 2 unspecified atom stereocenters. The molecule has 11 heteroatoms. The molecule has 0 saturated carbocycles. The van der Waals surface area contributed by atoms with Crippen LogP contribution in [0.3, 0.4) is 0 Å². The fourth-order valence-electron chi connectivity index (χ4n) is 2.05. The van der Waals surface area contributed by atoms with Gasteiger partial charge in [-0.1, -0.05) is 6.92 Å². The number of halogens is 8. The molecule has 0 radical (unpaired) electrons. The molecule has 0 aliphatic carbocycles. The van der Waals surface area contributed by atoms with Gasteiger partial charge in [-0.15, -0.1) is 0 Å². The summed E-state index contributed by atoms with van der Waals surface area (Å²) in [6, 6.07) is 0. The predicted octanol–water partition coefficient (Wildman–Crippen LogP) is 4.74. The van der Waals surface area contributed by atoms with Gasteiger partial charge in [0.1, 0.15) is 13.0 Å². The lowest BCUT2D eigenvalue weighted by Gasteiger charge is -2.42. The van der Waals surface area contributed by atoms with Crippen molar-refractivity contribution >= 4 is 0 Å². The summed E-state index contributed by atoms with van der Waals surface area (Å²) in [6.45, 7) is -0.458. The number of methoxy groups -OCH3 is 1. The van der Waals surface area contributed by atoms with Gasteiger partial charge in [-0.05, 0) is 13.3 Å². The van der Waals surface area contributed by atoms with Crippen molar-refractivity contribution in [3.05, 3.63) is 0 Å². The molecule has 25 heavy (non-hydrogen) atoms. The third-order valence-corrected chi connectivity index (χ3v) is 3.35. The Bertz CT molecular complexity index is 383. The summed E-state index contributed by atoms with van der Waals surface area (Å²) < 4.78 is 122. The van der Waals surface area contributed by atoms with Crippen LogP contribution < -0.4 is 0 Å². The SMILES string of the molecule is CCC(F)CC(OCOCCOC)(C(F)(F)F)C(F)(F)CC(C)(F)F. The molecular weight excluding hydrogens is 368 g/mol. The molecule has 2 atom stereocenters. The number of rotatable bonds is 12. The molecule has 3 nitrogen and oxygen atoms in total. The van der Waals surface area contributed by atoms with Crippen LogP contribution in [0, 0.1) is 0 Å². The van der Waals surface area contributed by atoms with Crippen LogP contribution in [0.15, 0.2) is 0 Å². The highest BCUT2D eigenvalue weighted by Gasteiger charge is 2.72. The number of hydrogen-bond donors (Lipinski definition) is 0. The van der Waals surface area contributed by atoms with E-state index in [0.717, 1.165) is 6.92 Å². The van der Waals surface area contributed by atoms with Gasteiger partial charge in [-0.25, -0.2) is 22.0 Å².